The Bertz CT molecular complexity index is 1300. The van der Waals surface area contributed by atoms with Gasteiger partial charge in [-0.1, -0.05) is 228 Å². The molecule has 0 saturated carbocycles. The van der Waals surface area contributed by atoms with E-state index in [4.69, 9.17) is 14.2 Å². The van der Waals surface area contributed by atoms with Crippen molar-refractivity contribution in [3.8, 4) is 0 Å². The second-order valence-electron chi connectivity index (χ2n) is 18.5. The summed E-state index contributed by atoms with van der Waals surface area (Å²) in [5.41, 5.74) is 0. The van der Waals surface area contributed by atoms with E-state index in [-0.39, 0.29) is 31.1 Å². The van der Waals surface area contributed by atoms with Gasteiger partial charge in [0.25, 0.3) is 0 Å². The topological polar surface area (TPSA) is 78.9 Å². The third kappa shape index (κ3) is 53.4. The molecule has 0 heterocycles. The van der Waals surface area contributed by atoms with Gasteiger partial charge in [-0.3, -0.25) is 14.4 Å². The van der Waals surface area contributed by atoms with Crippen LogP contribution >= 0.6 is 0 Å². The van der Waals surface area contributed by atoms with Crippen molar-refractivity contribution in [3.63, 3.8) is 0 Å². The third-order valence-corrected chi connectivity index (χ3v) is 11.9. The van der Waals surface area contributed by atoms with Crippen LogP contribution in [0.25, 0.3) is 0 Å². The summed E-state index contributed by atoms with van der Waals surface area (Å²) in [5.74, 6) is -0.904. The molecule has 0 aromatic carbocycles. The van der Waals surface area contributed by atoms with Crippen molar-refractivity contribution in [1.82, 2.24) is 0 Å². The highest BCUT2D eigenvalue weighted by atomic mass is 16.6. The van der Waals surface area contributed by atoms with Crippen LogP contribution < -0.4 is 0 Å². The highest BCUT2D eigenvalue weighted by Crippen LogP contribution is 2.15. The first-order valence-electron chi connectivity index (χ1n) is 28.1. The van der Waals surface area contributed by atoms with Crippen LogP contribution in [0.1, 0.15) is 265 Å². The van der Waals surface area contributed by atoms with E-state index in [1.54, 1.807) is 0 Å². The maximum Gasteiger partial charge on any atom is 0.306 e. The Morgan fingerprint density at radius 3 is 0.925 bits per heavy atom. The Hall–Kier alpha value is -3.41. The molecule has 0 bridgehead atoms. The van der Waals surface area contributed by atoms with E-state index in [0.717, 1.165) is 109 Å². The first-order chi connectivity index (χ1) is 33.0. The summed E-state index contributed by atoms with van der Waals surface area (Å²) in [6, 6.07) is 0. The fraction of sp³-hybridized carbons (Fsp3) is 0.721. The molecule has 0 fully saturated rings. The Morgan fingerprint density at radius 1 is 0.313 bits per heavy atom. The summed E-state index contributed by atoms with van der Waals surface area (Å²) in [4.78, 5) is 38.0. The van der Waals surface area contributed by atoms with Crippen LogP contribution in [0.4, 0.5) is 0 Å². The lowest BCUT2D eigenvalue weighted by Crippen LogP contribution is -2.30. The number of carbonyl (C=O) groups excluding carboxylic acids is 3. The van der Waals surface area contributed by atoms with Gasteiger partial charge in [-0.25, -0.2) is 0 Å². The molecule has 67 heavy (non-hydrogen) atoms. The van der Waals surface area contributed by atoms with Gasteiger partial charge in [0.05, 0.1) is 0 Å². The molecule has 6 heteroatoms. The maximum atomic E-state index is 12.8. The van der Waals surface area contributed by atoms with Gasteiger partial charge in [-0.05, 0) is 103 Å². The SMILES string of the molecule is CC/C=C\C/C=C\C/C=C\C/C=C\C/C=C\CCCCCCCCCCCCCC(=O)OCC(COC(=O)CCCCCCC/C=C\CCCC)OC(=O)CCCCCCC/C=C\CCCC. The van der Waals surface area contributed by atoms with E-state index in [1.807, 2.05) is 0 Å². The van der Waals surface area contributed by atoms with Gasteiger partial charge in [0, 0.05) is 19.3 Å². The van der Waals surface area contributed by atoms with Gasteiger partial charge < -0.3 is 14.2 Å². The van der Waals surface area contributed by atoms with Gasteiger partial charge in [0.15, 0.2) is 6.10 Å². The van der Waals surface area contributed by atoms with Crippen molar-refractivity contribution in [2.45, 2.75) is 271 Å². The Kier molecular flexibility index (Phi) is 52.4. The molecule has 1 unspecified atom stereocenters. The van der Waals surface area contributed by atoms with Gasteiger partial charge in [-0.2, -0.15) is 0 Å². The van der Waals surface area contributed by atoms with Crippen molar-refractivity contribution in [3.05, 3.63) is 85.1 Å². The molecule has 0 aliphatic rings. The smallest absolute Gasteiger partial charge is 0.306 e. The van der Waals surface area contributed by atoms with E-state index >= 15 is 0 Å². The number of carbonyl (C=O) groups is 3. The third-order valence-electron chi connectivity index (χ3n) is 11.9. The lowest BCUT2D eigenvalue weighted by atomic mass is 10.0. The minimum absolute atomic E-state index is 0.0834. The zero-order valence-electron chi connectivity index (χ0n) is 43.9. The lowest BCUT2D eigenvalue weighted by molar-refractivity contribution is -0.167. The molecule has 384 valence electrons. The molecular weight excluding hydrogens is 829 g/mol. The average Bonchev–Trinajstić information content (AvgIpc) is 3.33. The van der Waals surface area contributed by atoms with Crippen LogP contribution in [0.15, 0.2) is 85.1 Å². The highest BCUT2D eigenvalue weighted by Gasteiger charge is 2.19. The van der Waals surface area contributed by atoms with Crippen molar-refractivity contribution < 1.29 is 28.6 Å². The van der Waals surface area contributed by atoms with Crippen LogP contribution in [-0.4, -0.2) is 37.2 Å². The molecule has 0 spiro atoms. The second kappa shape index (κ2) is 55.2. The van der Waals surface area contributed by atoms with Gasteiger partial charge in [-0.15, -0.1) is 0 Å². The summed E-state index contributed by atoms with van der Waals surface area (Å²) in [6.45, 7) is 6.43. The fourth-order valence-electron chi connectivity index (χ4n) is 7.61. The Balaban J connectivity index is 4.20. The molecule has 0 rings (SSSR count). The second-order valence-corrected chi connectivity index (χ2v) is 18.5. The zero-order valence-corrected chi connectivity index (χ0v) is 43.9. The van der Waals surface area contributed by atoms with Crippen molar-refractivity contribution in [2.75, 3.05) is 13.2 Å². The minimum atomic E-state index is -0.783. The molecule has 0 aliphatic heterocycles. The summed E-state index contributed by atoms with van der Waals surface area (Å²) in [7, 11) is 0. The molecule has 0 aromatic heterocycles. The van der Waals surface area contributed by atoms with Crippen molar-refractivity contribution in [2.24, 2.45) is 0 Å². The van der Waals surface area contributed by atoms with Crippen LogP contribution in [0.3, 0.4) is 0 Å². The van der Waals surface area contributed by atoms with Crippen LogP contribution in [0, 0.1) is 0 Å². The van der Waals surface area contributed by atoms with Crippen LogP contribution in [-0.2, 0) is 28.6 Å². The van der Waals surface area contributed by atoms with E-state index in [0.29, 0.717) is 19.3 Å². The Morgan fingerprint density at radius 2 is 0.582 bits per heavy atom. The number of unbranched alkanes of at least 4 members (excludes halogenated alkanes) is 25. The number of hydrogen-bond donors (Lipinski definition) is 0. The number of rotatable bonds is 50. The summed E-state index contributed by atoms with van der Waals surface area (Å²) >= 11 is 0. The number of ether oxygens (including phenoxy) is 3. The molecule has 6 nitrogen and oxygen atoms in total. The quantitative estimate of drug-likeness (QED) is 0.0262. The maximum absolute atomic E-state index is 12.8. The Labute approximate surface area is 414 Å². The van der Waals surface area contributed by atoms with E-state index in [9.17, 15) is 14.4 Å². The monoisotopic (exact) mass is 933 g/mol. The predicted octanol–water partition coefficient (Wildman–Crippen LogP) is 18.8. The first-order valence-corrected chi connectivity index (χ1v) is 28.1. The van der Waals surface area contributed by atoms with E-state index in [2.05, 4.69) is 106 Å². The van der Waals surface area contributed by atoms with Gasteiger partial charge in [0.1, 0.15) is 13.2 Å². The standard InChI is InChI=1S/C61H104O6/c1-4-7-10-13-16-19-22-23-24-25-26-27-28-29-30-31-32-33-34-35-36-37-40-42-45-48-51-54-60(63)66-57-58(67-61(64)55-52-49-46-43-39-21-18-15-12-9-6-3)56-65-59(62)53-50-47-44-41-38-20-17-14-11-8-5-2/h7,10,14-19,23-24,26-27,29-30,58H,4-6,8-9,11-13,20-22,25,28,31-57H2,1-3H3/b10-7-,17-14-,18-15-,19-16-,24-23-,27-26-,30-29-. The molecule has 0 aliphatic carbocycles. The molecule has 0 aromatic rings. The normalized spacial score (nSPS) is 12.7. The summed E-state index contributed by atoms with van der Waals surface area (Å²) in [5, 5.41) is 0. The van der Waals surface area contributed by atoms with Crippen molar-refractivity contribution >= 4 is 17.9 Å². The number of hydrogen-bond acceptors (Lipinski definition) is 6. The summed E-state index contributed by atoms with van der Waals surface area (Å²) < 4.78 is 16.8. The highest BCUT2D eigenvalue weighted by molar-refractivity contribution is 5.71. The van der Waals surface area contributed by atoms with Gasteiger partial charge >= 0.3 is 17.9 Å². The van der Waals surface area contributed by atoms with E-state index in [1.165, 1.54) is 116 Å². The van der Waals surface area contributed by atoms with E-state index < -0.39 is 6.10 Å². The molecule has 0 N–H and O–H groups in total. The molecule has 1 atom stereocenters. The zero-order chi connectivity index (χ0) is 48.6. The largest absolute Gasteiger partial charge is 0.462 e. The average molecular weight is 933 g/mol. The summed E-state index contributed by atoms with van der Waals surface area (Å²) in [6.07, 6.45) is 71.6. The number of allylic oxidation sites excluding steroid dienone is 14. The molecular formula is C61H104O6. The molecule has 0 amide bonds. The number of esters is 3. The predicted molar refractivity (Wildman–Crippen MR) is 288 cm³/mol. The van der Waals surface area contributed by atoms with Crippen LogP contribution in [0.5, 0.6) is 0 Å². The van der Waals surface area contributed by atoms with Crippen LogP contribution in [0.2, 0.25) is 0 Å². The van der Waals surface area contributed by atoms with Gasteiger partial charge in [0.2, 0.25) is 0 Å². The molecule has 0 saturated heterocycles. The fourth-order valence-corrected chi connectivity index (χ4v) is 7.61. The minimum Gasteiger partial charge on any atom is -0.462 e. The van der Waals surface area contributed by atoms with Crippen molar-refractivity contribution in [1.29, 1.82) is 0 Å². The lowest BCUT2D eigenvalue weighted by Gasteiger charge is -2.18. The first kappa shape index (κ1) is 63.6. The molecule has 0 radical (unpaired) electrons.